The monoisotopic (exact) mass is 364 g/mol. The van der Waals surface area contributed by atoms with Crippen molar-refractivity contribution in [1.29, 1.82) is 0 Å². The molecule has 0 aliphatic rings. The predicted octanol–water partition coefficient (Wildman–Crippen LogP) is 2.41. The van der Waals surface area contributed by atoms with E-state index in [-0.39, 0.29) is 12.0 Å². The molecular weight excluding hydrogens is 351 g/mol. The fourth-order valence-corrected chi connectivity index (χ4v) is 2.42. The highest BCUT2D eigenvalue weighted by atomic mass is 79.9. The van der Waals surface area contributed by atoms with E-state index in [2.05, 4.69) is 21.2 Å². The molecule has 2 rings (SSSR count). The summed E-state index contributed by atoms with van der Waals surface area (Å²) in [6.45, 7) is 0. The van der Waals surface area contributed by atoms with Gasteiger partial charge in [0.2, 0.25) is 5.91 Å². The van der Waals surface area contributed by atoms with Gasteiger partial charge in [-0.3, -0.25) is 9.59 Å². The van der Waals surface area contributed by atoms with Gasteiger partial charge >= 0.3 is 0 Å². The summed E-state index contributed by atoms with van der Waals surface area (Å²) in [5.41, 5.74) is 6.32. The molecule has 114 valence electrons. The summed E-state index contributed by atoms with van der Waals surface area (Å²) >= 11 is 3.38. The molecule has 0 aromatic heterocycles. The third-order valence-corrected chi connectivity index (χ3v) is 3.89. The molecule has 2 aromatic carbocycles. The zero-order valence-corrected chi connectivity index (χ0v) is 13.1. The smallest absolute Gasteiger partial charge is 0.252 e. The van der Waals surface area contributed by atoms with Crippen LogP contribution in [0.15, 0.2) is 53.0 Å². The number of hydrogen-bond donors (Lipinski definition) is 2. The number of hydrogen-bond acceptors (Lipinski definition) is 2. The molecule has 0 spiro atoms. The number of primary amides is 1. The number of amides is 2. The van der Waals surface area contributed by atoms with Gasteiger partial charge in [0, 0.05) is 16.5 Å². The summed E-state index contributed by atoms with van der Waals surface area (Å²) in [5, 5.41) is 2.53. The third kappa shape index (κ3) is 4.14. The average Bonchev–Trinajstić information content (AvgIpc) is 2.48. The van der Waals surface area contributed by atoms with Crippen molar-refractivity contribution in [2.45, 2.75) is 12.5 Å². The van der Waals surface area contributed by atoms with E-state index in [1.165, 1.54) is 18.2 Å². The lowest BCUT2D eigenvalue weighted by atomic mass is 10.0. The van der Waals surface area contributed by atoms with Crippen LogP contribution < -0.4 is 11.1 Å². The van der Waals surface area contributed by atoms with Crippen molar-refractivity contribution in [3.8, 4) is 0 Å². The fraction of sp³-hybridized carbons (Fsp3) is 0.125. The van der Waals surface area contributed by atoms with Crippen molar-refractivity contribution in [3.63, 3.8) is 0 Å². The van der Waals surface area contributed by atoms with Gasteiger partial charge in [-0.1, -0.05) is 40.2 Å². The van der Waals surface area contributed by atoms with E-state index in [9.17, 15) is 14.0 Å². The molecule has 0 radical (unpaired) electrons. The van der Waals surface area contributed by atoms with E-state index in [4.69, 9.17) is 5.73 Å². The molecule has 22 heavy (non-hydrogen) atoms. The summed E-state index contributed by atoms with van der Waals surface area (Å²) in [7, 11) is 0. The third-order valence-electron chi connectivity index (χ3n) is 3.12. The zero-order valence-electron chi connectivity index (χ0n) is 11.6. The Morgan fingerprint density at radius 2 is 1.91 bits per heavy atom. The van der Waals surface area contributed by atoms with Crippen LogP contribution in [0.5, 0.6) is 0 Å². The molecule has 3 N–H and O–H groups in total. The molecule has 1 atom stereocenters. The van der Waals surface area contributed by atoms with Crippen LogP contribution in [0.1, 0.15) is 15.9 Å². The standard InChI is InChI=1S/C16H14BrFN2O2/c17-13-7-2-1-4-10(13)9-14(15(19)21)20-16(22)11-5-3-6-12(18)8-11/h1-8,14H,9H2,(H2,19,21)(H,20,22)/t14-/m0/s1. The van der Waals surface area contributed by atoms with Crippen LogP contribution in [0, 0.1) is 5.82 Å². The molecule has 0 aliphatic carbocycles. The summed E-state index contributed by atoms with van der Waals surface area (Å²) in [4.78, 5) is 23.7. The topological polar surface area (TPSA) is 72.2 Å². The summed E-state index contributed by atoms with van der Waals surface area (Å²) in [5.74, 6) is -1.72. The summed E-state index contributed by atoms with van der Waals surface area (Å²) < 4.78 is 14.0. The number of carbonyl (C=O) groups excluding carboxylic acids is 2. The van der Waals surface area contributed by atoms with Gasteiger partial charge in [-0.05, 0) is 29.8 Å². The lowest BCUT2D eigenvalue weighted by molar-refractivity contribution is -0.119. The quantitative estimate of drug-likeness (QED) is 0.854. The minimum absolute atomic E-state index is 0.137. The molecule has 2 amide bonds. The number of benzene rings is 2. The van der Waals surface area contributed by atoms with E-state index < -0.39 is 23.7 Å². The van der Waals surface area contributed by atoms with E-state index in [1.54, 1.807) is 0 Å². The molecule has 0 heterocycles. The molecule has 2 aromatic rings. The van der Waals surface area contributed by atoms with Gasteiger partial charge in [0.05, 0.1) is 0 Å². The van der Waals surface area contributed by atoms with Gasteiger partial charge in [-0.15, -0.1) is 0 Å². The largest absolute Gasteiger partial charge is 0.368 e. The first-order valence-electron chi connectivity index (χ1n) is 6.56. The fourth-order valence-electron chi connectivity index (χ4n) is 1.98. The van der Waals surface area contributed by atoms with Crippen LogP contribution in [0.2, 0.25) is 0 Å². The SMILES string of the molecule is NC(=O)[C@H](Cc1ccccc1Br)NC(=O)c1cccc(F)c1. The molecule has 0 unspecified atom stereocenters. The van der Waals surface area contributed by atoms with Crippen LogP contribution in [-0.4, -0.2) is 17.9 Å². The number of carbonyl (C=O) groups is 2. The Morgan fingerprint density at radius 1 is 1.18 bits per heavy atom. The van der Waals surface area contributed by atoms with Crippen molar-refractivity contribution in [2.24, 2.45) is 5.73 Å². The molecule has 0 saturated heterocycles. The van der Waals surface area contributed by atoms with Crippen LogP contribution >= 0.6 is 15.9 Å². The molecule has 0 bridgehead atoms. The number of halogens is 2. The zero-order chi connectivity index (χ0) is 16.1. The number of nitrogens with one attached hydrogen (secondary N) is 1. The second kappa shape index (κ2) is 7.17. The van der Waals surface area contributed by atoms with E-state index in [0.717, 1.165) is 16.1 Å². The van der Waals surface area contributed by atoms with Gasteiger partial charge in [0.25, 0.3) is 5.91 Å². The average molecular weight is 365 g/mol. The van der Waals surface area contributed by atoms with Gasteiger partial charge < -0.3 is 11.1 Å². The van der Waals surface area contributed by atoms with Crippen LogP contribution in [0.3, 0.4) is 0 Å². The Bertz CT molecular complexity index is 706. The van der Waals surface area contributed by atoms with Crippen molar-refractivity contribution in [2.75, 3.05) is 0 Å². The highest BCUT2D eigenvalue weighted by Gasteiger charge is 2.20. The lowest BCUT2D eigenvalue weighted by Crippen LogP contribution is -2.45. The van der Waals surface area contributed by atoms with Crippen molar-refractivity contribution >= 4 is 27.7 Å². The normalized spacial score (nSPS) is 11.7. The molecule has 6 heteroatoms. The highest BCUT2D eigenvalue weighted by molar-refractivity contribution is 9.10. The Hall–Kier alpha value is -2.21. The maximum Gasteiger partial charge on any atom is 0.252 e. The van der Waals surface area contributed by atoms with Gasteiger partial charge in [0.15, 0.2) is 0 Å². The predicted molar refractivity (Wildman–Crippen MR) is 84.7 cm³/mol. The van der Waals surface area contributed by atoms with Gasteiger partial charge in [0.1, 0.15) is 11.9 Å². The lowest BCUT2D eigenvalue weighted by Gasteiger charge is -2.16. The van der Waals surface area contributed by atoms with Crippen molar-refractivity contribution < 1.29 is 14.0 Å². The van der Waals surface area contributed by atoms with Gasteiger partial charge in [-0.2, -0.15) is 0 Å². The molecule has 4 nitrogen and oxygen atoms in total. The Kier molecular flexibility index (Phi) is 5.27. The van der Waals surface area contributed by atoms with E-state index >= 15 is 0 Å². The molecule has 0 aliphatic heterocycles. The van der Waals surface area contributed by atoms with Crippen LogP contribution in [0.4, 0.5) is 4.39 Å². The van der Waals surface area contributed by atoms with Gasteiger partial charge in [-0.25, -0.2) is 4.39 Å². The molecule has 0 fully saturated rings. The maximum atomic E-state index is 13.1. The second-order valence-electron chi connectivity index (χ2n) is 4.73. The van der Waals surface area contributed by atoms with E-state index in [0.29, 0.717) is 0 Å². The first kappa shape index (κ1) is 16.2. The number of nitrogens with two attached hydrogens (primary N) is 1. The highest BCUT2D eigenvalue weighted by Crippen LogP contribution is 2.17. The Morgan fingerprint density at radius 3 is 2.55 bits per heavy atom. The Labute approximate surface area is 135 Å². The molecule has 0 saturated carbocycles. The second-order valence-corrected chi connectivity index (χ2v) is 5.59. The molecular formula is C16H14BrFN2O2. The van der Waals surface area contributed by atoms with Crippen molar-refractivity contribution in [1.82, 2.24) is 5.32 Å². The Balaban J connectivity index is 2.14. The van der Waals surface area contributed by atoms with Crippen molar-refractivity contribution in [3.05, 3.63) is 69.9 Å². The summed E-state index contributed by atoms with van der Waals surface area (Å²) in [6, 6.07) is 11.7. The first-order valence-corrected chi connectivity index (χ1v) is 7.36. The van der Waals surface area contributed by atoms with Crippen LogP contribution in [-0.2, 0) is 11.2 Å². The van der Waals surface area contributed by atoms with Crippen LogP contribution in [0.25, 0.3) is 0 Å². The first-order chi connectivity index (χ1) is 10.5. The minimum Gasteiger partial charge on any atom is -0.368 e. The number of rotatable bonds is 5. The van der Waals surface area contributed by atoms with E-state index in [1.807, 2.05) is 24.3 Å². The summed E-state index contributed by atoms with van der Waals surface area (Å²) in [6.07, 6.45) is 0.248. The minimum atomic E-state index is -0.880. The maximum absolute atomic E-state index is 13.1.